The quantitative estimate of drug-likeness (QED) is 0.633. The van der Waals surface area contributed by atoms with E-state index >= 15 is 0 Å². The summed E-state index contributed by atoms with van der Waals surface area (Å²) in [5.41, 5.74) is 2.14. The van der Waals surface area contributed by atoms with Crippen molar-refractivity contribution in [2.45, 2.75) is 6.92 Å². The van der Waals surface area contributed by atoms with Crippen molar-refractivity contribution in [2.24, 2.45) is 0 Å². The second-order valence-corrected chi connectivity index (χ2v) is 6.29. The van der Waals surface area contributed by atoms with Crippen LogP contribution in [0, 0.1) is 6.92 Å². The van der Waals surface area contributed by atoms with Gasteiger partial charge in [0.25, 0.3) is 11.8 Å². The van der Waals surface area contributed by atoms with Crippen LogP contribution in [0.2, 0.25) is 5.02 Å². The van der Waals surface area contributed by atoms with E-state index < -0.39 is 11.8 Å². The summed E-state index contributed by atoms with van der Waals surface area (Å²) >= 11 is 5.85. The first kappa shape index (κ1) is 18.5. The Bertz CT molecular complexity index is 960. The summed E-state index contributed by atoms with van der Waals surface area (Å²) in [6.45, 7) is 1.96. The highest BCUT2D eigenvalue weighted by molar-refractivity contribution is 6.30. The fourth-order valence-electron chi connectivity index (χ4n) is 2.31. The summed E-state index contributed by atoms with van der Waals surface area (Å²) in [7, 11) is 0. The Kier molecular flexibility index (Phi) is 5.74. The molecule has 0 aliphatic carbocycles. The molecule has 27 heavy (non-hydrogen) atoms. The minimum absolute atomic E-state index is 0.0606. The maximum Gasteiger partial charge on any atom is 0.272 e. The van der Waals surface area contributed by atoms with Crippen LogP contribution >= 0.6 is 11.6 Å². The molecule has 0 spiro atoms. The maximum absolute atomic E-state index is 12.7. The van der Waals surface area contributed by atoms with Gasteiger partial charge in [0.1, 0.15) is 11.5 Å². The molecule has 3 rings (SSSR count). The normalized spacial score (nSPS) is 11.1. The van der Waals surface area contributed by atoms with E-state index in [1.54, 1.807) is 48.5 Å². The Morgan fingerprint density at radius 2 is 1.70 bits per heavy atom. The molecule has 0 atom stereocenters. The van der Waals surface area contributed by atoms with E-state index in [0.717, 1.165) is 5.56 Å². The Morgan fingerprint density at radius 1 is 1.00 bits per heavy atom. The summed E-state index contributed by atoms with van der Waals surface area (Å²) in [5, 5.41) is 5.92. The molecule has 5 nitrogen and oxygen atoms in total. The van der Waals surface area contributed by atoms with E-state index in [2.05, 4.69) is 10.6 Å². The zero-order valence-corrected chi connectivity index (χ0v) is 15.3. The van der Waals surface area contributed by atoms with Crippen molar-refractivity contribution in [3.63, 3.8) is 0 Å². The number of carbonyl (C=O) groups is 2. The molecule has 1 heterocycles. The van der Waals surface area contributed by atoms with E-state index in [4.69, 9.17) is 16.0 Å². The van der Waals surface area contributed by atoms with Crippen LogP contribution in [-0.2, 0) is 4.79 Å². The van der Waals surface area contributed by atoms with Crippen molar-refractivity contribution in [1.29, 1.82) is 0 Å². The molecule has 0 saturated heterocycles. The van der Waals surface area contributed by atoms with Crippen LogP contribution in [0.25, 0.3) is 6.08 Å². The highest BCUT2D eigenvalue weighted by Gasteiger charge is 2.15. The number of furan rings is 1. The third-order valence-corrected chi connectivity index (χ3v) is 3.99. The Balaban J connectivity index is 1.82. The molecule has 0 unspecified atom stereocenters. The average Bonchev–Trinajstić information content (AvgIpc) is 3.16. The first-order chi connectivity index (χ1) is 13.0. The zero-order chi connectivity index (χ0) is 19.2. The lowest BCUT2D eigenvalue weighted by atomic mass is 10.2. The number of benzene rings is 2. The van der Waals surface area contributed by atoms with E-state index in [0.29, 0.717) is 22.0 Å². The molecule has 0 aliphatic heterocycles. The molecule has 0 bridgehead atoms. The van der Waals surface area contributed by atoms with Gasteiger partial charge < -0.3 is 15.1 Å². The number of anilines is 1. The third kappa shape index (κ3) is 5.09. The van der Waals surface area contributed by atoms with Gasteiger partial charge in [0.15, 0.2) is 0 Å². The largest absolute Gasteiger partial charge is 0.465 e. The number of halogens is 1. The van der Waals surface area contributed by atoms with Gasteiger partial charge in [0.05, 0.1) is 6.26 Å². The van der Waals surface area contributed by atoms with Crippen molar-refractivity contribution < 1.29 is 14.0 Å². The molecule has 0 saturated carbocycles. The van der Waals surface area contributed by atoms with E-state index in [-0.39, 0.29) is 5.70 Å². The predicted octanol–water partition coefficient (Wildman–Crippen LogP) is 4.65. The molecule has 3 aromatic rings. The molecule has 1 aromatic heterocycles. The fraction of sp³-hybridized carbons (Fsp3) is 0.0476. The van der Waals surface area contributed by atoms with Crippen LogP contribution in [0.5, 0.6) is 0 Å². The maximum atomic E-state index is 12.7. The first-order valence-corrected chi connectivity index (χ1v) is 8.59. The molecule has 0 radical (unpaired) electrons. The minimum atomic E-state index is -0.461. The minimum Gasteiger partial charge on any atom is -0.465 e. The van der Waals surface area contributed by atoms with Crippen LogP contribution in [0.1, 0.15) is 21.7 Å². The number of aryl methyl sites for hydroxylation is 1. The predicted molar refractivity (Wildman–Crippen MR) is 105 cm³/mol. The lowest BCUT2D eigenvalue weighted by Gasteiger charge is -2.11. The summed E-state index contributed by atoms with van der Waals surface area (Å²) in [5.74, 6) is -0.443. The number of nitrogens with one attached hydrogen (secondary N) is 2. The van der Waals surface area contributed by atoms with Crippen molar-refractivity contribution >= 4 is 35.2 Å². The Labute approximate surface area is 161 Å². The molecule has 2 aromatic carbocycles. The summed E-state index contributed by atoms with van der Waals surface area (Å²) in [4.78, 5) is 25.2. The van der Waals surface area contributed by atoms with Crippen LogP contribution in [-0.4, -0.2) is 11.8 Å². The van der Waals surface area contributed by atoms with Crippen molar-refractivity contribution in [3.8, 4) is 0 Å². The van der Waals surface area contributed by atoms with Crippen molar-refractivity contribution in [1.82, 2.24) is 5.32 Å². The van der Waals surface area contributed by atoms with E-state index in [1.165, 1.54) is 12.3 Å². The van der Waals surface area contributed by atoms with Crippen molar-refractivity contribution in [3.05, 3.63) is 94.5 Å². The van der Waals surface area contributed by atoms with Crippen molar-refractivity contribution in [2.75, 3.05) is 5.32 Å². The lowest BCUT2D eigenvalue weighted by molar-refractivity contribution is -0.113. The van der Waals surface area contributed by atoms with Gasteiger partial charge in [0.2, 0.25) is 0 Å². The molecular weight excluding hydrogens is 364 g/mol. The van der Waals surface area contributed by atoms with Gasteiger partial charge in [-0.3, -0.25) is 9.59 Å². The number of amides is 2. The summed E-state index contributed by atoms with van der Waals surface area (Å²) in [6, 6.07) is 17.1. The van der Waals surface area contributed by atoms with Crippen LogP contribution in [0.15, 0.2) is 77.0 Å². The van der Waals surface area contributed by atoms with Crippen LogP contribution in [0.4, 0.5) is 5.69 Å². The Morgan fingerprint density at radius 3 is 2.33 bits per heavy atom. The molecular formula is C21H17ClN2O3. The van der Waals surface area contributed by atoms with E-state index in [1.807, 2.05) is 19.1 Å². The first-order valence-electron chi connectivity index (χ1n) is 8.21. The monoisotopic (exact) mass is 380 g/mol. The van der Waals surface area contributed by atoms with Crippen LogP contribution < -0.4 is 10.6 Å². The van der Waals surface area contributed by atoms with Gasteiger partial charge in [-0.15, -0.1) is 0 Å². The molecule has 0 fully saturated rings. The zero-order valence-electron chi connectivity index (χ0n) is 14.5. The molecule has 2 N–H and O–H groups in total. The van der Waals surface area contributed by atoms with Gasteiger partial charge in [-0.25, -0.2) is 0 Å². The van der Waals surface area contributed by atoms with Gasteiger partial charge in [-0.05, 0) is 55.5 Å². The molecule has 6 heteroatoms. The second-order valence-electron chi connectivity index (χ2n) is 5.85. The number of hydrogen-bond donors (Lipinski definition) is 2. The summed E-state index contributed by atoms with van der Waals surface area (Å²) in [6.07, 6.45) is 2.96. The van der Waals surface area contributed by atoms with Gasteiger partial charge in [0, 0.05) is 22.3 Å². The highest BCUT2D eigenvalue weighted by atomic mass is 35.5. The number of hydrogen-bond acceptors (Lipinski definition) is 3. The summed E-state index contributed by atoms with van der Waals surface area (Å²) < 4.78 is 5.26. The van der Waals surface area contributed by atoms with Gasteiger partial charge in [-0.2, -0.15) is 0 Å². The van der Waals surface area contributed by atoms with E-state index in [9.17, 15) is 9.59 Å². The number of rotatable bonds is 5. The molecule has 136 valence electrons. The average molecular weight is 381 g/mol. The number of carbonyl (C=O) groups excluding carboxylic acids is 2. The second kappa shape index (κ2) is 8.38. The Hall–Kier alpha value is -3.31. The standard InChI is InChI=1S/C21H17ClN2O3/c1-14-4-10-17(11-5-14)23-21(26)19(13-18-3-2-12-27-18)24-20(25)15-6-8-16(22)9-7-15/h2-13H,1H3,(H,23,26)(H,24,25)/b19-13-. The SMILES string of the molecule is Cc1ccc(NC(=O)/C(=C/c2ccco2)NC(=O)c2ccc(Cl)cc2)cc1. The smallest absolute Gasteiger partial charge is 0.272 e. The molecule has 0 aliphatic rings. The molecule has 2 amide bonds. The fourth-order valence-corrected chi connectivity index (χ4v) is 2.43. The lowest BCUT2D eigenvalue weighted by Crippen LogP contribution is -2.30. The highest BCUT2D eigenvalue weighted by Crippen LogP contribution is 2.14. The third-order valence-electron chi connectivity index (χ3n) is 3.74. The van der Waals surface area contributed by atoms with Gasteiger partial charge in [-0.1, -0.05) is 29.3 Å². The van der Waals surface area contributed by atoms with Gasteiger partial charge >= 0.3 is 0 Å². The topological polar surface area (TPSA) is 71.3 Å². The van der Waals surface area contributed by atoms with Crippen LogP contribution in [0.3, 0.4) is 0 Å².